The highest BCUT2D eigenvalue weighted by Gasteiger charge is 2.21. The number of amides is 1. The lowest BCUT2D eigenvalue weighted by Crippen LogP contribution is -2.31. The van der Waals surface area contributed by atoms with Gasteiger partial charge in [0.05, 0.1) is 43.5 Å². The smallest absolute Gasteiger partial charge is 0.254 e. The molecule has 0 saturated heterocycles. The predicted molar refractivity (Wildman–Crippen MR) is 100 cm³/mol. The molecule has 0 radical (unpaired) electrons. The maximum Gasteiger partial charge on any atom is 0.254 e. The third kappa shape index (κ3) is 5.02. The van der Waals surface area contributed by atoms with Crippen molar-refractivity contribution in [2.24, 2.45) is 0 Å². The molecule has 7 heteroatoms. The molecule has 26 heavy (non-hydrogen) atoms. The summed E-state index contributed by atoms with van der Waals surface area (Å²) >= 11 is 3.45. The van der Waals surface area contributed by atoms with E-state index in [2.05, 4.69) is 22.0 Å². The van der Waals surface area contributed by atoms with Gasteiger partial charge in [-0.05, 0) is 46.6 Å². The van der Waals surface area contributed by atoms with Crippen LogP contribution in [0.3, 0.4) is 0 Å². The molecule has 6 nitrogen and oxygen atoms in total. The minimum Gasteiger partial charge on any atom is -0.493 e. The number of nitrogens with zero attached hydrogens (tertiary/aromatic N) is 2. The van der Waals surface area contributed by atoms with Gasteiger partial charge < -0.3 is 18.8 Å². The normalized spacial score (nSPS) is 10.2. The molecule has 2 rings (SSSR count). The molecule has 0 N–H and O–H groups in total. The van der Waals surface area contributed by atoms with Gasteiger partial charge in [-0.2, -0.15) is 5.26 Å². The Hall–Kier alpha value is -2.46. The van der Waals surface area contributed by atoms with Crippen LogP contribution in [0, 0.1) is 11.3 Å². The van der Waals surface area contributed by atoms with Crippen molar-refractivity contribution in [2.75, 3.05) is 20.3 Å². The number of furan rings is 1. The van der Waals surface area contributed by atoms with Gasteiger partial charge in [-0.15, -0.1) is 0 Å². The van der Waals surface area contributed by atoms with E-state index in [4.69, 9.17) is 19.2 Å². The fourth-order valence-electron chi connectivity index (χ4n) is 2.40. The van der Waals surface area contributed by atoms with E-state index in [0.29, 0.717) is 47.0 Å². The van der Waals surface area contributed by atoms with Crippen molar-refractivity contribution >= 4 is 21.8 Å². The Kier molecular flexibility index (Phi) is 7.54. The maximum absolute atomic E-state index is 13.0. The maximum atomic E-state index is 13.0. The van der Waals surface area contributed by atoms with E-state index in [0.717, 1.165) is 6.42 Å². The van der Waals surface area contributed by atoms with Crippen LogP contribution in [-0.2, 0) is 6.54 Å². The number of benzene rings is 1. The topological polar surface area (TPSA) is 75.7 Å². The van der Waals surface area contributed by atoms with Crippen LogP contribution >= 0.6 is 15.9 Å². The Morgan fingerprint density at radius 3 is 2.85 bits per heavy atom. The molecule has 1 aromatic heterocycles. The van der Waals surface area contributed by atoms with E-state index in [9.17, 15) is 4.79 Å². The summed E-state index contributed by atoms with van der Waals surface area (Å²) in [6, 6.07) is 8.99. The van der Waals surface area contributed by atoms with E-state index in [-0.39, 0.29) is 12.3 Å². The molecule has 0 atom stereocenters. The molecule has 0 saturated carbocycles. The van der Waals surface area contributed by atoms with Crippen molar-refractivity contribution in [3.63, 3.8) is 0 Å². The van der Waals surface area contributed by atoms with Crippen molar-refractivity contribution in [1.29, 1.82) is 5.26 Å². The third-order valence-electron chi connectivity index (χ3n) is 3.63. The number of methoxy groups -OCH3 is 1. The highest BCUT2D eigenvalue weighted by molar-refractivity contribution is 9.10. The second kappa shape index (κ2) is 9.88. The van der Waals surface area contributed by atoms with Crippen LogP contribution in [0.15, 0.2) is 39.4 Å². The van der Waals surface area contributed by atoms with E-state index >= 15 is 0 Å². The van der Waals surface area contributed by atoms with Crippen LogP contribution in [0.5, 0.6) is 11.5 Å². The first-order valence-corrected chi connectivity index (χ1v) is 9.09. The minimum absolute atomic E-state index is 0.210. The molecule has 0 aliphatic carbocycles. The molecule has 1 heterocycles. The first-order chi connectivity index (χ1) is 12.6. The number of hydrogen-bond donors (Lipinski definition) is 0. The lowest BCUT2D eigenvalue weighted by Gasteiger charge is -2.21. The van der Waals surface area contributed by atoms with E-state index in [1.54, 1.807) is 35.4 Å². The Morgan fingerprint density at radius 1 is 1.42 bits per heavy atom. The van der Waals surface area contributed by atoms with Gasteiger partial charge in [0.15, 0.2) is 11.5 Å². The standard InChI is InChI=1S/C19H21BrN2O4/c1-3-9-26-18-16(20)11-14(12-17(18)24-2)19(23)22(8-5-7-21)13-15-6-4-10-25-15/h4,6,10-12H,3,5,8-9,13H2,1-2H3. The molecule has 0 fully saturated rings. The van der Waals surface area contributed by atoms with Gasteiger partial charge in [0.1, 0.15) is 5.76 Å². The van der Waals surface area contributed by atoms with Gasteiger partial charge in [-0.3, -0.25) is 4.79 Å². The summed E-state index contributed by atoms with van der Waals surface area (Å²) in [5, 5.41) is 8.88. The van der Waals surface area contributed by atoms with Gasteiger partial charge in [0.2, 0.25) is 0 Å². The Morgan fingerprint density at radius 2 is 2.23 bits per heavy atom. The summed E-state index contributed by atoms with van der Waals surface area (Å²) in [5.74, 6) is 1.50. The molecule has 2 aromatic rings. The van der Waals surface area contributed by atoms with Crippen LogP contribution < -0.4 is 9.47 Å². The van der Waals surface area contributed by atoms with Gasteiger partial charge in [-0.1, -0.05) is 6.92 Å². The molecule has 1 aromatic carbocycles. The van der Waals surface area contributed by atoms with E-state index in [1.807, 2.05) is 6.92 Å². The predicted octanol–water partition coefficient (Wildman–Crippen LogP) is 4.40. The number of ether oxygens (including phenoxy) is 2. The number of hydrogen-bond acceptors (Lipinski definition) is 5. The lowest BCUT2D eigenvalue weighted by atomic mass is 10.1. The molecular formula is C19H21BrN2O4. The van der Waals surface area contributed by atoms with Crippen molar-refractivity contribution in [2.45, 2.75) is 26.3 Å². The summed E-state index contributed by atoms with van der Waals surface area (Å²) in [6.07, 6.45) is 2.66. The molecule has 0 unspecified atom stereocenters. The van der Waals surface area contributed by atoms with Crippen molar-refractivity contribution in [1.82, 2.24) is 4.90 Å². The Labute approximate surface area is 161 Å². The van der Waals surface area contributed by atoms with Crippen molar-refractivity contribution in [3.8, 4) is 17.6 Å². The van der Waals surface area contributed by atoms with E-state index < -0.39 is 0 Å². The zero-order valence-corrected chi connectivity index (χ0v) is 16.4. The minimum atomic E-state index is -0.210. The fourth-order valence-corrected chi connectivity index (χ4v) is 2.95. The number of carbonyl (C=O) groups is 1. The highest BCUT2D eigenvalue weighted by atomic mass is 79.9. The molecule has 0 aliphatic rings. The molecule has 0 spiro atoms. The molecule has 0 bridgehead atoms. The monoisotopic (exact) mass is 420 g/mol. The molecule has 0 aliphatic heterocycles. The van der Waals surface area contributed by atoms with Crippen LogP contribution in [0.4, 0.5) is 0 Å². The molecule has 138 valence electrons. The first-order valence-electron chi connectivity index (χ1n) is 8.29. The van der Waals surface area contributed by atoms with Gasteiger partial charge in [0.25, 0.3) is 5.91 Å². The number of nitriles is 1. The van der Waals surface area contributed by atoms with Crippen LogP contribution in [0.2, 0.25) is 0 Å². The lowest BCUT2D eigenvalue weighted by molar-refractivity contribution is 0.0735. The second-order valence-electron chi connectivity index (χ2n) is 5.55. The summed E-state index contributed by atoms with van der Waals surface area (Å²) in [7, 11) is 1.53. The number of halogens is 1. The van der Waals surface area contributed by atoms with Crippen LogP contribution in [0.25, 0.3) is 0 Å². The summed E-state index contributed by atoms with van der Waals surface area (Å²) < 4.78 is 17.1. The SMILES string of the molecule is CCCOc1c(Br)cc(C(=O)N(CCC#N)Cc2ccco2)cc1OC. The molecule has 1 amide bonds. The van der Waals surface area contributed by atoms with Gasteiger partial charge in [-0.25, -0.2) is 0 Å². The quantitative estimate of drug-likeness (QED) is 0.600. The molecular weight excluding hydrogens is 400 g/mol. The average Bonchev–Trinajstić information content (AvgIpc) is 3.16. The summed E-state index contributed by atoms with van der Waals surface area (Å²) in [5.41, 5.74) is 0.446. The largest absolute Gasteiger partial charge is 0.493 e. The van der Waals surface area contributed by atoms with Crippen molar-refractivity contribution in [3.05, 3.63) is 46.3 Å². The average molecular weight is 421 g/mol. The Balaban J connectivity index is 2.29. The third-order valence-corrected chi connectivity index (χ3v) is 4.22. The highest BCUT2D eigenvalue weighted by Crippen LogP contribution is 2.37. The second-order valence-corrected chi connectivity index (χ2v) is 6.41. The van der Waals surface area contributed by atoms with Gasteiger partial charge >= 0.3 is 0 Å². The van der Waals surface area contributed by atoms with Crippen LogP contribution in [-0.4, -0.2) is 31.1 Å². The zero-order valence-electron chi connectivity index (χ0n) is 14.8. The number of carbonyl (C=O) groups excluding carboxylic acids is 1. The Bertz CT molecular complexity index is 769. The first kappa shape index (κ1) is 19.9. The fraction of sp³-hybridized carbons (Fsp3) is 0.368. The summed E-state index contributed by atoms with van der Waals surface area (Å²) in [4.78, 5) is 14.6. The summed E-state index contributed by atoms with van der Waals surface area (Å²) in [6.45, 7) is 3.17. The number of rotatable bonds is 9. The van der Waals surface area contributed by atoms with Crippen LogP contribution in [0.1, 0.15) is 35.9 Å². The van der Waals surface area contributed by atoms with Gasteiger partial charge in [0, 0.05) is 12.1 Å². The van der Waals surface area contributed by atoms with E-state index in [1.165, 1.54) is 7.11 Å². The van der Waals surface area contributed by atoms with Crippen molar-refractivity contribution < 1.29 is 18.7 Å². The zero-order chi connectivity index (χ0) is 18.9.